The SMILES string of the molecule is CCCCC(C)(CCC)c1cnsn1. The Kier molecular flexibility index (Phi) is 4.52. The number of rotatable bonds is 6. The van der Waals surface area contributed by atoms with Crippen LogP contribution < -0.4 is 0 Å². The van der Waals surface area contributed by atoms with Crippen LogP contribution in [0.25, 0.3) is 0 Å². The van der Waals surface area contributed by atoms with E-state index in [2.05, 4.69) is 29.5 Å². The zero-order valence-corrected chi connectivity index (χ0v) is 10.2. The molecule has 0 radical (unpaired) electrons. The Bertz CT molecular complexity index is 246. The summed E-state index contributed by atoms with van der Waals surface area (Å²) in [7, 11) is 0. The van der Waals surface area contributed by atoms with E-state index >= 15 is 0 Å². The average Bonchev–Trinajstić information content (AvgIpc) is 2.68. The Labute approximate surface area is 91.1 Å². The zero-order valence-electron chi connectivity index (χ0n) is 9.42. The van der Waals surface area contributed by atoms with Gasteiger partial charge in [-0.15, -0.1) is 0 Å². The molecule has 0 aliphatic rings. The maximum absolute atomic E-state index is 4.39. The van der Waals surface area contributed by atoms with Crippen LogP contribution >= 0.6 is 11.7 Å². The van der Waals surface area contributed by atoms with E-state index in [1.54, 1.807) is 0 Å². The van der Waals surface area contributed by atoms with Crippen LogP contribution in [0.4, 0.5) is 0 Å². The van der Waals surface area contributed by atoms with Gasteiger partial charge in [-0.2, -0.15) is 8.75 Å². The van der Waals surface area contributed by atoms with Crippen molar-refractivity contribution < 1.29 is 0 Å². The predicted molar refractivity (Wildman–Crippen MR) is 61.7 cm³/mol. The summed E-state index contributed by atoms with van der Waals surface area (Å²) >= 11 is 1.33. The van der Waals surface area contributed by atoms with Crippen LogP contribution in [-0.4, -0.2) is 8.75 Å². The van der Waals surface area contributed by atoms with E-state index in [0.717, 1.165) is 0 Å². The topological polar surface area (TPSA) is 25.8 Å². The van der Waals surface area contributed by atoms with Gasteiger partial charge in [0.15, 0.2) is 0 Å². The number of aromatic nitrogens is 2. The van der Waals surface area contributed by atoms with Gasteiger partial charge in [-0.1, -0.05) is 40.0 Å². The minimum atomic E-state index is 0.262. The van der Waals surface area contributed by atoms with Crippen molar-refractivity contribution in [3.8, 4) is 0 Å². The van der Waals surface area contributed by atoms with Gasteiger partial charge in [0.1, 0.15) is 0 Å². The van der Waals surface area contributed by atoms with E-state index in [-0.39, 0.29) is 5.41 Å². The van der Waals surface area contributed by atoms with Gasteiger partial charge in [0, 0.05) is 5.41 Å². The van der Waals surface area contributed by atoms with Gasteiger partial charge in [-0.25, -0.2) is 0 Å². The molecule has 1 heterocycles. The van der Waals surface area contributed by atoms with Gasteiger partial charge < -0.3 is 0 Å². The number of hydrogen-bond donors (Lipinski definition) is 0. The maximum atomic E-state index is 4.39. The largest absolute Gasteiger partial charge is 0.181 e. The first-order chi connectivity index (χ1) is 6.73. The molecule has 0 aliphatic carbocycles. The molecule has 0 amide bonds. The van der Waals surface area contributed by atoms with Gasteiger partial charge >= 0.3 is 0 Å². The van der Waals surface area contributed by atoms with Crippen LogP contribution in [-0.2, 0) is 5.41 Å². The molecule has 0 bridgehead atoms. The Morgan fingerprint density at radius 2 is 2.07 bits per heavy atom. The molecule has 1 aromatic rings. The number of unbranched alkanes of at least 4 members (excludes halogenated alkanes) is 1. The molecular formula is C11H20N2S. The molecule has 0 aromatic carbocycles. The van der Waals surface area contributed by atoms with Crippen molar-refractivity contribution >= 4 is 11.7 Å². The fourth-order valence-electron chi connectivity index (χ4n) is 1.93. The van der Waals surface area contributed by atoms with Crippen molar-refractivity contribution in [2.75, 3.05) is 0 Å². The lowest BCUT2D eigenvalue weighted by molar-refractivity contribution is 0.375. The standard InChI is InChI=1S/C11H20N2S/c1-4-6-8-11(3,7-5-2)10-9-12-14-13-10/h9H,4-8H2,1-3H3. The molecular weight excluding hydrogens is 192 g/mol. The van der Waals surface area contributed by atoms with Crippen molar-refractivity contribution in [1.29, 1.82) is 0 Å². The highest BCUT2D eigenvalue weighted by Crippen LogP contribution is 2.33. The van der Waals surface area contributed by atoms with E-state index in [9.17, 15) is 0 Å². The van der Waals surface area contributed by atoms with Crippen LogP contribution in [0, 0.1) is 0 Å². The second-order valence-electron chi connectivity index (χ2n) is 4.21. The molecule has 0 fully saturated rings. The Morgan fingerprint density at radius 1 is 1.29 bits per heavy atom. The molecule has 0 spiro atoms. The second kappa shape index (κ2) is 5.44. The van der Waals surface area contributed by atoms with Crippen molar-refractivity contribution in [3.05, 3.63) is 11.9 Å². The summed E-state index contributed by atoms with van der Waals surface area (Å²) in [4.78, 5) is 0. The highest BCUT2D eigenvalue weighted by molar-refractivity contribution is 6.99. The minimum Gasteiger partial charge on any atom is -0.181 e. The van der Waals surface area contributed by atoms with Gasteiger partial charge in [0.2, 0.25) is 0 Å². The van der Waals surface area contributed by atoms with Crippen LogP contribution in [0.15, 0.2) is 6.20 Å². The quantitative estimate of drug-likeness (QED) is 0.717. The summed E-state index contributed by atoms with van der Waals surface area (Å²) in [5.41, 5.74) is 1.45. The molecule has 1 unspecified atom stereocenters. The smallest absolute Gasteiger partial charge is 0.0801 e. The van der Waals surface area contributed by atoms with E-state index in [1.807, 2.05) is 6.20 Å². The molecule has 0 saturated heterocycles. The molecule has 2 nitrogen and oxygen atoms in total. The van der Waals surface area contributed by atoms with Crippen molar-refractivity contribution in [2.24, 2.45) is 0 Å². The first-order valence-corrected chi connectivity index (χ1v) is 6.24. The highest BCUT2D eigenvalue weighted by Gasteiger charge is 2.27. The Hall–Kier alpha value is -0.440. The molecule has 1 rings (SSSR count). The van der Waals surface area contributed by atoms with Gasteiger partial charge in [0.25, 0.3) is 0 Å². The summed E-state index contributed by atoms with van der Waals surface area (Å²) in [6, 6.07) is 0. The maximum Gasteiger partial charge on any atom is 0.0801 e. The molecule has 3 heteroatoms. The lowest BCUT2D eigenvalue weighted by Crippen LogP contribution is -2.22. The van der Waals surface area contributed by atoms with E-state index in [1.165, 1.54) is 49.5 Å². The summed E-state index contributed by atoms with van der Waals surface area (Å²) in [6.45, 7) is 6.80. The van der Waals surface area contributed by atoms with Crippen molar-refractivity contribution in [3.63, 3.8) is 0 Å². The zero-order chi connectivity index (χ0) is 10.4. The third kappa shape index (κ3) is 2.77. The van der Waals surface area contributed by atoms with Crippen LogP contribution in [0.2, 0.25) is 0 Å². The lowest BCUT2D eigenvalue weighted by Gasteiger charge is -2.26. The summed E-state index contributed by atoms with van der Waals surface area (Å²) in [6.07, 6.45) is 8.17. The molecule has 14 heavy (non-hydrogen) atoms. The third-order valence-electron chi connectivity index (χ3n) is 2.86. The van der Waals surface area contributed by atoms with Gasteiger partial charge in [-0.05, 0) is 12.8 Å². The third-order valence-corrected chi connectivity index (χ3v) is 3.34. The van der Waals surface area contributed by atoms with Crippen molar-refractivity contribution in [1.82, 2.24) is 8.75 Å². The number of nitrogens with zero attached hydrogens (tertiary/aromatic N) is 2. The molecule has 1 atom stereocenters. The van der Waals surface area contributed by atoms with E-state index in [4.69, 9.17) is 0 Å². The fraction of sp³-hybridized carbons (Fsp3) is 0.818. The van der Waals surface area contributed by atoms with Gasteiger partial charge in [0.05, 0.1) is 23.6 Å². The monoisotopic (exact) mass is 212 g/mol. The lowest BCUT2D eigenvalue weighted by atomic mass is 9.78. The molecule has 80 valence electrons. The van der Waals surface area contributed by atoms with Crippen LogP contribution in [0.3, 0.4) is 0 Å². The summed E-state index contributed by atoms with van der Waals surface area (Å²) in [5, 5.41) is 0. The average molecular weight is 212 g/mol. The Morgan fingerprint density at radius 3 is 2.57 bits per heavy atom. The van der Waals surface area contributed by atoms with Crippen LogP contribution in [0.5, 0.6) is 0 Å². The number of hydrogen-bond acceptors (Lipinski definition) is 3. The predicted octanol–water partition coefficient (Wildman–Crippen LogP) is 3.79. The minimum absolute atomic E-state index is 0.262. The normalized spacial score (nSPS) is 15.4. The van der Waals surface area contributed by atoms with E-state index < -0.39 is 0 Å². The first-order valence-electron chi connectivity index (χ1n) is 5.51. The summed E-state index contributed by atoms with van der Waals surface area (Å²) in [5.74, 6) is 0. The van der Waals surface area contributed by atoms with E-state index in [0.29, 0.717) is 0 Å². The first kappa shape index (κ1) is 11.6. The second-order valence-corrected chi connectivity index (χ2v) is 4.76. The molecule has 0 N–H and O–H groups in total. The highest BCUT2D eigenvalue weighted by atomic mass is 32.1. The molecule has 0 saturated carbocycles. The van der Waals surface area contributed by atoms with Crippen molar-refractivity contribution in [2.45, 2.75) is 58.3 Å². The molecule has 0 aliphatic heterocycles. The Balaban J connectivity index is 2.70. The van der Waals surface area contributed by atoms with Gasteiger partial charge in [-0.3, -0.25) is 0 Å². The van der Waals surface area contributed by atoms with Crippen LogP contribution in [0.1, 0.15) is 58.6 Å². The fourth-order valence-corrected chi connectivity index (χ4v) is 2.48. The molecule has 1 aromatic heterocycles. The summed E-state index contributed by atoms with van der Waals surface area (Å²) < 4.78 is 8.50.